The topological polar surface area (TPSA) is 22.1 Å². The van der Waals surface area contributed by atoms with Crippen LogP contribution in [0, 0.1) is 13.8 Å². The summed E-state index contributed by atoms with van der Waals surface area (Å²) in [6.07, 6.45) is 0. The minimum Gasteiger partial charge on any atom is -0.494 e. The van der Waals surface area contributed by atoms with E-state index in [2.05, 4.69) is 36.3 Å². The Morgan fingerprint density at radius 1 is 1.25 bits per heavy atom. The van der Waals surface area contributed by atoms with E-state index in [1.165, 1.54) is 11.1 Å². The monoisotopic (exact) mass is 233 g/mol. The van der Waals surface area contributed by atoms with E-state index in [1.807, 2.05) is 12.4 Å². The average Bonchev–Trinajstić information content (AvgIpc) is 2.76. The van der Waals surface area contributed by atoms with Crippen LogP contribution in [0.25, 0.3) is 11.3 Å². The second-order valence-corrected chi connectivity index (χ2v) is 4.46. The van der Waals surface area contributed by atoms with Gasteiger partial charge in [0.05, 0.1) is 17.8 Å². The summed E-state index contributed by atoms with van der Waals surface area (Å²) in [7, 11) is 0. The fraction of sp³-hybridized carbons (Fsp3) is 0.308. The molecular weight excluding hydrogens is 218 g/mol. The van der Waals surface area contributed by atoms with Crippen LogP contribution >= 0.6 is 11.3 Å². The Balaban J connectivity index is 2.46. The lowest BCUT2D eigenvalue weighted by atomic mass is 10.0. The highest BCUT2D eigenvalue weighted by Gasteiger charge is 2.08. The highest BCUT2D eigenvalue weighted by Crippen LogP contribution is 2.29. The van der Waals surface area contributed by atoms with Crippen molar-refractivity contribution in [2.75, 3.05) is 6.61 Å². The Morgan fingerprint density at radius 3 is 2.69 bits per heavy atom. The van der Waals surface area contributed by atoms with Crippen LogP contribution in [-0.2, 0) is 0 Å². The number of thiazole rings is 1. The molecule has 16 heavy (non-hydrogen) atoms. The molecule has 1 heterocycles. The van der Waals surface area contributed by atoms with Gasteiger partial charge in [0.15, 0.2) is 0 Å². The fourth-order valence-electron chi connectivity index (χ4n) is 1.72. The van der Waals surface area contributed by atoms with Gasteiger partial charge in [0, 0.05) is 10.9 Å². The quantitative estimate of drug-likeness (QED) is 0.804. The van der Waals surface area contributed by atoms with Crippen molar-refractivity contribution in [2.45, 2.75) is 20.8 Å². The normalized spacial score (nSPS) is 10.4. The zero-order valence-electron chi connectivity index (χ0n) is 9.78. The second-order valence-electron chi connectivity index (χ2n) is 3.74. The lowest BCUT2D eigenvalue weighted by molar-refractivity contribution is 0.337. The van der Waals surface area contributed by atoms with E-state index in [9.17, 15) is 0 Å². The predicted octanol–water partition coefficient (Wildman–Crippen LogP) is 3.83. The molecule has 1 aromatic carbocycles. The van der Waals surface area contributed by atoms with Crippen molar-refractivity contribution in [1.29, 1.82) is 0 Å². The Bertz CT molecular complexity index is 477. The van der Waals surface area contributed by atoms with Crippen molar-refractivity contribution in [3.05, 3.63) is 34.2 Å². The molecule has 0 aliphatic rings. The number of aryl methyl sites for hydroxylation is 2. The van der Waals surface area contributed by atoms with Crippen molar-refractivity contribution < 1.29 is 4.74 Å². The first-order chi connectivity index (χ1) is 7.72. The van der Waals surface area contributed by atoms with E-state index in [4.69, 9.17) is 4.74 Å². The third-order valence-electron chi connectivity index (χ3n) is 2.53. The van der Waals surface area contributed by atoms with Gasteiger partial charge in [0.2, 0.25) is 0 Å². The zero-order chi connectivity index (χ0) is 11.5. The smallest absolute Gasteiger partial charge is 0.122 e. The summed E-state index contributed by atoms with van der Waals surface area (Å²) in [5.74, 6) is 0.971. The molecule has 84 valence electrons. The van der Waals surface area contributed by atoms with Crippen LogP contribution in [0.3, 0.4) is 0 Å². The van der Waals surface area contributed by atoms with Gasteiger partial charge in [-0.2, -0.15) is 0 Å². The number of hydrogen-bond donors (Lipinski definition) is 0. The number of ether oxygens (including phenoxy) is 1. The molecule has 2 aromatic rings. The maximum atomic E-state index is 5.57. The van der Waals surface area contributed by atoms with Crippen LogP contribution in [0.2, 0.25) is 0 Å². The first-order valence-corrected chi connectivity index (χ1v) is 6.29. The SMILES string of the molecule is CCOc1cc(C)c(-c2cscn2)cc1C. The minimum atomic E-state index is 0.705. The Labute approximate surface area is 99.9 Å². The summed E-state index contributed by atoms with van der Waals surface area (Å²) in [6, 6.07) is 4.24. The molecule has 0 aliphatic heterocycles. The zero-order valence-corrected chi connectivity index (χ0v) is 10.6. The van der Waals surface area contributed by atoms with Crippen LogP contribution in [0.5, 0.6) is 5.75 Å². The van der Waals surface area contributed by atoms with Gasteiger partial charge in [0.1, 0.15) is 5.75 Å². The number of rotatable bonds is 3. The molecule has 0 saturated carbocycles. The van der Waals surface area contributed by atoms with Gasteiger partial charge in [-0.25, -0.2) is 4.98 Å². The van der Waals surface area contributed by atoms with Crippen molar-refractivity contribution in [3.63, 3.8) is 0 Å². The van der Waals surface area contributed by atoms with Gasteiger partial charge in [-0.05, 0) is 44.0 Å². The molecule has 0 saturated heterocycles. The van der Waals surface area contributed by atoms with Crippen LogP contribution in [0.4, 0.5) is 0 Å². The third kappa shape index (κ3) is 2.09. The Kier molecular flexibility index (Phi) is 3.25. The molecule has 0 unspecified atom stereocenters. The average molecular weight is 233 g/mol. The van der Waals surface area contributed by atoms with Crippen molar-refractivity contribution in [2.24, 2.45) is 0 Å². The summed E-state index contributed by atoms with van der Waals surface area (Å²) in [4.78, 5) is 4.34. The molecule has 1 aromatic heterocycles. The third-order valence-corrected chi connectivity index (χ3v) is 3.12. The highest BCUT2D eigenvalue weighted by molar-refractivity contribution is 7.07. The molecule has 0 radical (unpaired) electrons. The number of hydrogen-bond acceptors (Lipinski definition) is 3. The predicted molar refractivity (Wildman–Crippen MR) is 68.2 cm³/mol. The summed E-state index contributed by atoms with van der Waals surface area (Å²) in [5, 5.41) is 2.07. The lowest BCUT2D eigenvalue weighted by Crippen LogP contribution is -1.96. The summed E-state index contributed by atoms with van der Waals surface area (Å²) < 4.78 is 5.57. The summed E-state index contributed by atoms with van der Waals surface area (Å²) in [5.41, 5.74) is 6.48. The van der Waals surface area contributed by atoms with E-state index >= 15 is 0 Å². The summed E-state index contributed by atoms with van der Waals surface area (Å²) >= 11 is 1.62. The van der Waals surface area contributed by atoms with E-state index in [1.54, 1.807) is 11.3 Å². The Hall–Kier alpha value is -1.35. The molecule has 0 N–H and O–H groups in total. The van der Waals surface area contributed by atoms with Crippen LogP contribution in [0.1, 0.15) is 18.1 Å². The van der Waals surface area contributed by atoms with E-state index in [0.717, 1.165) is 17.0 Å². The van der Waals surface area contributed by atoms with Crippen LogP contribution < -0.4 is 4.74 Å². The van der Waals surface area contributed by atoms with Gasteiger partial charge in [0.25, 0.3) is 0 Å². The van der Waals surface area contributed by atoms with E-state index in [-0.39, 0.29) is 0 Å². The molecule has 0 bridgehead atoms. The van der Waals surface area contributed by atoms with Gasteiger partial charge in [-0.1, -0.05) is 0 Å². The molecular formula is C13H15NOS. The van der Waals surface area contributed by atoms with Gasteiger partial charge < -0.3 is 4.74 Å². The molecule has 0 atom stereocenters. The molecule has 2 rings (SSSR count). The molecule has 0 fully saturated rings. The van der Waals surface area contributed by atoms with Crippen LogP contribution in [0.15, 0.2) is 23.0 Å². The van der Waals surface area contributed by atoms with Gasteiger partial charge >= 0.3 is 0 Å². The molecule has 2 nitrogen and oxygen atoms in total. The molecule has 0 spiro atoms. The van der Waals surface area contributed by atoms with Gasteiger partial charge in [-0.15, -0.1) is 11.3 Å². The fourth-order valence-corrected chi connectivity index (χ4v) is 2.27. The summed E-state index contributed by atoms with van der Waals surface area (Å²) in [6.45, 7) is 6.87. The lowest BCUT2D eigenvalue weighted by Gasteiger charge is -2.11. The van der Waals surface area contributed by atoms with Crippen molar-refractivity contribution >= 4 is 11.3 Å². The van der Waals surface area contributed by atoms with E-state index < -0.39 is 0 Å². The van der Waals surface area contributed by atoms with Crippen molar-refractivity contribution in [3.8, 4) is 17.0 Å². The van der Waals surface area contributed by atoms with Crippen molar-refractivity contribution in [1.82, 2.24) is 4.98 Å². The molecule has 0 amide bonds. The van der Waals surface area contributed by atoms with Gasteiger partial charge in [-0.3, -0.25) is 0 Å². The standard InChI is InChI=1S/C13H15NOS/c1-4-15-13-6-9(2)11(5-10(13)3)12-7-16-8-14-12/h5-8H,4H2,1-3H3. The first kappa shape index (κ1) is 11.1. The second kappa shape index (κ2) is 4.66. The number of aromatic nitrogens is 1. The highest BCUT2D eigenvalue weighted by atomic mass is 32.1. The van der Waals surface area contributed by atoms with E-state index in [0.29, 0.717) is 6.61 Å². The largest absolute Gasteiger partial charge is 0.494 e. The maximum Gasteiger partial charge on any atom is 0.122 e. The molecule has 3 heteroatoms. The number of benzene rings is 1. The molecule has 0 aliphatic carbocycles. The minimum absolute atomic E-state index is 0.705. The van der Waals surface area contributed by atoms with Crippen LogP contribution in [-0.4, -0.2) is 11.6 Å². The first-order valence-electron chi connectivity index (χ1n) is 5.35. The number of nitrogens with zero attached hydrogens (tertiary/aromatic N) is 1. The Morgan fingerprint density at radius 2 is 2.06 bits per heavy atom. The maximum absolute atomic E-state index is 5.57.